The van der Waals surface area contributed by atoms with E-state index in [4.69, 9.17) is 24.3 Å². The van der Waals surface area contributed by atoms with Crippen molar-refractivity contribution in [1.29, 1.82) is 0 Å². The first-order chi connectivity index (χ1) is 37.8. The van der Waals surface area contributed by atoms with Gasteiger partial charge in [-0.1, -0.05) is 293 Å². The van der Waals surface area contributed by atoms with Gasteiger partial charge >= 0.3 is 19.8 Å². The highest BCUT2D eigenvalue weighted by atomic mass is 31.2. The van der Waals surface area contributed by atoms with Gasteiger partial charge in [0.25, 0.3) is 0 Å². The quantitative estimate of drug-likeness (QED) is 0.0264. The van der Waals surface area contributed by atoms with Crippen LogP contribution in [-0.2, 0) is 32.7 Å². The first-order valence-electron chi connectivity index (χ1n) is 32.8. The van der Waals surface area contributed by atoms with E-state index in [0.717, 1.165) is 70.6 Å². The van der Waals surface area contributed by atoms with E-state index in [9.17, 15) is 19.0 Å². The Bertz CT molecular complexity index is 1440. The summed E-state index contributed by atoms with van der Waals surface area (Å²) in [5.74, 6) is -0.846. The fourth-order valence-corrected chi connectivity index (χ4v) is 10.3. The predicted octanol–water partition coefficient (Wildman–Crippen LogP) is 21.1. The number of hydrogen-bond acceptors (Lipinski definition) is 8. The molecule has 0 heterocycles. The van der Waals surface area contributed by atoms with E-state index >= 15 is 0 Å². The van der Waals surface area contributed by atoms with Gasteiger partial charge in [0.2, 0.25) is 0 Å². The maximum atomic E-state index is 12.7. The Kier molecular flexibility index (Phi) is 61.0. The van der Waals surface area contributed by atoms with Gasteiger partial charge in [0, 0.05) is 19.4 Å². The SMILES string of the molecule is CC/C=C\C/C=C\C/C=C\C/C=C\CCCCCCC(=O)OC(COC(=O)CCCCCCCCCCCCCCCCCCCCCCCCCCCCC/C=C\CCCCCCCCCC)COP(=O)(O)OCCN. The zero-order valence-corrected chi connectivity index (χ0v) is 51.3. The summed E-state index contributed by atoms with van der Waals surface area (Å²) in [7, 11) is -4.40. The number of carbonyl (C=O) groups excluding carboxylic acids is 2. The Hall–Kier alpha value is -2.29. The lowest BCUT2D eigenvalue weighted by molar-refractivity contribution is -0.161. The molecule has 10 heteroatoms. The molecule has 0 aromatic carbocycles. The Morgan fingerprint density at radius 2 is 0.714 bits per heavy atom. The average molecular weight is 1100 g/mol. The van der Waals surface area contributed by atoms with Gasteiger partial charge in [0.05, 0.1) is 13.2 Å². The van der Waals surface area contributed by atoms with Crippen molar-refractivity contribution in [2.75, 3.05) is 26.4 Å². The van der Waals surface area contributed by atoms with Gasteiger partial charge in [0.1, 0.15) is 6.61 Å². The third kappa shape index (κ3) is 62.8. The lowest BCUT2D eigenvalue weighted by Gasteiger charge is -2.19. The minimum Gasteiger partial charge on any atom is -0.462 e. The summed E-state index contributed by atoms with van der Waals surface area (Å²) in [6.07, 6.45) is 80.5. The summed E-state index contributed by atoms with van der Waals surface area (Å²) in [4.78, 5) is 35.2. The second-order valence-corrected chi connectivity index (χ2v) is 23.4. The third-order valence-corrected chi connectivity index (χ3v) is 15.4. The van der Waals surface area contributed by atoms with Crippen molar-refractivity contribution in [3.05, 3.63) is 60.8 Å². The molecule has 3 N–H and O–H groups in total. The minimum absolute atomic E-state index is 0.0482. The van der Waals surface area contributed by atoms with Gasteiger partial charge in [-0.25, -0.2) is 4.57 Å². The van der Waals surface area contributed by atoms with Crippen molar-refractivity contribution < 1.29 is 37.6 Å². The van der Waals surface area contributed by atoms with Gasteiger partial charge in [-0.05, 0) is 77.0 Å². The zero-order valence-electron chi connectivity index (χ0n) is 50.4. The van der Waals surface area contributed by atoms with Crippen LogP contribution in [0.2, 0.25) is 0 Å². The molecule has 2 atom stereocenters. The molecule has 0 saturated carbocycles. The molecule has 450 valence electrons. The first-order valence-corrected chi connectivity index (χ1v) is 34.3. The van der Waals surface area contributed by atoms with Crippen LogP contribution in [0.1, 0.15) is 322 Å². The highest BCUT2D eigenvalue weighted by molar-refractivity contribution is 7.47. The van der Waals surface area contributed by atoms with Gasteiger partial charge in [-0.15, -0.1) is 0 Å². The largest absolute Gasteiger partial charge is 0.472 e. The number of rotatable bonds is 62. The summed E-state index contributed by atoms with van der Waals surface area (Å²) in [6.45, 7) is 3.63. The maximum Gasteiger partial charge on any atom is 0.472 e. The van der Waals surface area contributed by atoms with Crippen molar-refractivity contribution in [2.45, 2.75) is 328 Å². The molecule has 0 fully saturated rings. The lowest BCUT2D eigenvalue weighted by atomic mass is 10.0. The van der Waals surface area contributed by atoms with E-state index in [1.54, 1.807) is 0 Å². The summed E-state index contributed by atoms with van der Waals surface area (Å²) < 4.78 is 33.0. The summed E-state index contributed by atoms with van der Waals surface area (Å²) >= 11 is 0. The van der Waals surface area contributed by atoms with Crippen molar-refractivity contribution in [1.82, 2.24) is 0 Å². The van der Waals surface area contributed by atoms with E-state index in [-0.39, 0.29) is 38.6 Å². The Labute approximate surface area is 476 Å². The number of phosphoric ester groups is 1. The normalized spacial score (nSPS) is 13.4. The van der Waals surface area contributed by atoms with Crippen molar-refractivity contribution in [2.24, 2.45) is 5.73 Å². The molecular weight excluding hydrogens is 978 g/mol. The molecule has 0 aromatic heterocycles. The lowest BCUT2D eigenvalue weighted by Crippen LogP contribution is -2.29. The molecule has 0 bridgehead atoms. The Morgan fingerprint density at radius 3 is 1.08 bits per heavy atom. The number of carbonyl (C=O) groups is 2. The smallest absolute Gasteiger partial charge is 0.462 e. The number of ether oxygens (including phenoxy) is 2. The molecule has 0 rings (SSSR count). The molecular formula is C67H124NO8P. The third-order valence-electron chi connectivity index (χ3n) is 14.4. The van der Waals surface area contributed by atoms with E-state index in [1.807, 2.05) is 0 Å². The fraction of sp³-hybridized carbons (Fsp3) is 0.821. The molecule has 0 aromatic rings. The second kappa shape index (κ2) is 62.9. The Morgan fingerprint density at radius 1 is 0.403 bits per heavy atom. The topological polar surface area (TPSA) is 134 Å². The van der Waals surface area contributed by atoms with Gasteiger partial charge in [-0.3, -0.25) is 18.6 Å². The predicted molar refractivity (Wildman–Crippen MR) is 330 cm³/mol. The molecule has 77 heavy (non-hydrogen) atoms. The van der Waals surface area contributed by atoms with Crippen LogP contribution in [0.15, 0.2) is 60.8 Å². The van der Waals surface area contributed by atoms with E-state index < -0.39 is 26.5 Å². The van der Waals surface area contributed by atoms with Crippen LogP contribution in [-0.4, -0.2) is 49.3 Å². The van der Waals surface area contributed by atoms with E-state index in [2.05, 4.69) is 74.6 Å². The van der Waals surface area contributed by atoms with Crippen LogP contribution >= 0.6 is 7.82 Å². The molecule has 0 amide bonds. The molecule has 0 saturated heterocycles. The second-order valence-electron chi connectivity index (χ2n) is 22.0. The van der Waals surface area contributed by atoms with Crippen molar-refractivity contribution in [3.63, 3.8) is 0 Å². The van der Waals surface area contributed by atoms with Crippen LogP contribution in [0.5, 0.6) is 0 Å². The number of unbranched alkanes of at least 4 members (excludes halogenated alkanes) is 39. The molecule has 0 aliphatic heterocycles. The molecule has 9 nitrogen and oxygen atoms in total. The zero-order chi connectivity index (χ0) is 55.9. The number of allylic oxidation sites excluding steroid dienone is 10. The van der Waals surface area contributed by atoms with Gasteiger partial charge < -0.3 is 20.1 Å². The van der Waals surface area contributed by atoms with Crippen LogP contribution in [0.3, 0.4) is 0 Å². The molecule has 2 unspecified atom stereocenters. The summed E-state index contributed by atoms with van der Waals surface area (Å²) in [5.41, 5.74) is 5.38. The van der Waals surface area contributed by atoms with Crippen LogP contribution < -0.4 is 5.73 Å². The van der Waals surface area contributed by atoms with Crippen LogP contribution in [0, 0.1) is 0 Å². The molecule has 0 aliphatic rings. The average Bonchev–Trinajstić information content (AvgIpc) is 3.42. The molecule has 0 spiro atoms. The van der Waals surface area contributed by atoms with E-state index in [0.29, 0.717) is 6.42 Å². The standard InChI is InChI=1S/C67H124NO8P/c1-3-5-7-9-11-13-15-17-19-21-22-23-24-25-26-27-28-29-30-31-32-33-34-35-36-37-38-39-40-41-42-44-45-47-49-51-53-55-57-59-66(69)73-63-65(64-75-77(71,72)74-62-61-68)76-67(70)60-58-56-54-52-50-48-46-43-20-18-16-14-12-10-8-6-4-2/h6,8,12,14,18,20-22,46,48,65H,3-5,7,9-11,13,15-17,19,23-45,47,49-64,68H2,1-2H3,(H,71,72)/b8-6-,14-12-,20-18-,22-21-,48-46-. The highest BCUT2D eigenvalue weighted by Gasteiger charge is 2.26. The van der Waals surface area contributed by atoms with Gasteiger partial charge in [0.15, 0.2) is 6.10 Å². The van der Waals surface area contributed by atoms with Crippen LogP contribution in [0.4, 0.5) is 0 Å². The molecule has 0 aliphatic carbocycles. The van der Waals surface area contributed by atoms with E-state index in [1.165, 1.54) is 218 Å². The minimum atomic E-state index is -4.40. The Balaban J connectivity index is 3.76. The summed E-state index contributed by atoms with van der Waals surface area (Å²) in [5, 5.41) is 0. The van der Waals surface area contributed by atoms with Crippen molar-refractivity contribution in [3.8, 4) is 0 Å². The monoisotopic (exact) mass is 1100 g/mol. The number of phosphoric acid groups is 1. The maximum absolute atomic E-state index is 12.7. The summed E-state index contributed by atoms with van der Waals surface area (Å²) in [6, 6.07) is 0. The number of esters is 2. The number of hydrogen-bond donors (Lipinski definition) is 2. The number of nitrogens with two attached hydrogens (primary N) is 1. The first kappa shape index (κ1) is 74.7. The molecule has 0 radical (unpaired) electrons. The highest BCUT2D eigenvalue weighted by Crippen LogP contribution is 2.43. The van der Waals surface area contributed by atoms with Crippen molar-refractivity contribution >= 4 is 19.8 Å². The fourth-order valence-electron chi connectivity index (χ4n) is 9.57. The van der Waals surface area contributed by atoms with Gasteiger partial charge in [-0.2, -0.15) is 0 Å². The van der Waals surface area contributed by atoms with Crippen LogP contribution in [0.25, 0.3) is 0 Å².